The Labute approximate surface area is 97.3 Å². The second kappa shape index (κ2) is 4.55. The third-order valence-corrected chi connectivity index (χ3v) is 2.24. The Balaban J connectivity index is 2.98. The van der Waals surface area contributed by atoms with Gasteiger partial charge in [0.05, 0.1) is 10.0 Å². The lowest BCUT2D eigenvalue weighted by Gasteiger charge is -2.07. The van der Waals surface area contributed by atoms with Crippen LogP contribution in [0.1, 0.15) is 6.92 Å². The highest BCUT2D eigenvalue weighted by Gasteiger charge is 2.08. The van der Waals surface area contributed by atoms with Crippen LogP contribution in [0.5, 0.6) is 5.75 Å². The molecule has 0 aliphatic rings. The molecule has 1 amide bonds. The molecule has 0 fully saturated rings. The van der Waals surface area contributed by atoms with Gasteiger partial charge >= 0.3 is 0 Å². The number of rotatable bonds is 2. The highest BCUT2D eigenvalue weighted by atomic mass is 35.5. The summed E-state index contributed by atoms with van der Waals surface area (Å²) in [6.07, 6.45) is 0. The predicted molar refractivity (Wildman–Crippen MR) is 61.6 cm³/mol. The van der Waals surface area contributed by atoms with Crippen molar-refractivity contribution in [3.8, 4) is 5.75 Å². The minimum absolute atomic E-state index is 0.0829. The third kappa shape index (κ3) is 2.88. The second-order valence-corrected chi connectivity index (χ2v) is 3.84. The number of phenolic OH excluding ortho intramolecular Hbond substituents is 1. The van der Waals surface area contributed by atoms with Gasteiger partial charge in [-0.05, 0) is 19.1 Å². The lowest BCUT2D eigenvalue weighted by Crippen LogP contribution is -2.11. The highest BCUT2D eigenvalue weighted by molar-refractivity contribution is 6.37. The first-order chi connectivity index (χ1) is 6.91. The fraction of sp³-hybridized carbons (Fsp3) is 0.100. The molecule has 0 bridgehead atoms. The maximum Gasteiger partial charge on any atom is 0.250 e. The number of aromatic hydroxyl groups is 1. The highest BCUT2D eigenvalue weighted by Crippen LogP contribution is 2.34. The van der Waals surface area contributed by atoms with E-state index in [9.17, 15) is 9.90 Å². The lowest BCUT2D eigenvalue weighted by atomic mass is 10.2. The van der Waals surface area contributed by atoms with E-state index in [1.165, 1.54) is 12.1 Å². The zero-order valence-corrected chi connectivity index (χ0v) is 9.49. The van der Waals surface area contributed by atoms with E-state index in [2.05, 4.69) is 11.9 Å². The summed E-state index contributed by atoms with van der Waals surface area (Å²) in [5.41, 5.74) is 0.783. The van der Waals surface area contributed by atoms with Gasteiger partial charge in [0.15, 0.2) is 5.75 Å². The van der Waals surface area contributed by atoms with Crippen LogP contribution in [0, 0.1) is 0 Å². The normalized spacial score (nSPS) is 9.80. The van der Waals surface area contributed by atoms with Crippen molar-refractivity contribution in [1.29, 1.82) is 0 Å². The number of anilines is 1. The first-order valence-corrected chi connectivity index (χ1v) is 4.82. The van der Waals surface area contributed by atoms with E-state index in [0.29, 0.717) is 11.3 Å². The fourth-order valence-electron chi connectivity index (χ4n) is 0.875. The topological polar surface area (TPSA) is 49.3 Å². The van der Waals surface area contributed by atoms with E-state index in [0.717, 1.165) is 0 Å². The van der Waals surface area contributed by atoms with Gasteiger partial charge in [0.25, 0.3) is 5.91 Å². The van der Waals surface area contributed by atoms with Crippen molar-refractivity contribution in [2.75, 3.05) is 5.32 Å². The smallest absolute Gasteiger partial charge is 0.250 e. The van der Waals surface area contributed by atoms with Crippen LogP contribution in [0.4, 0.5) is 5.69 Å². The van der Waals surface area contributed by atoms with Crippen molar-refractivity contribution < 1.29 is 9.90 Å². The molecule has 3 nitrogen and oxygen atoms in total. The molecule has 1 aromatic rings. The van der Waals surface area contributed by atoms with Crippen LogP contribution in [0.15, 0.2) is 24.3 Å². The van der Waals surface area contributed by atoms with Crippen LogP contribution in [-0.4, -0.2) is 11.0 Å². The van der Waals surface area contributed by atoms with Crippen molar-refractivity contribution in [2.24, 2.45) is 0 Å². The molecule has 15 heavy (non-hydrogen) atoms. The van der Waals surface area contributed by atoms with Crippen molar-refractivity contribution in [1.82, 2.24) is 0 Å². The summed E-state index contributed by atoms with van der Waals surface area (Å²) in [5.74, 6) is -0.528. The molecular weight excluding hydrogens is 237 g/mol. The molecule has 0 aliphatic carbocycles. The number of phenols is 1. The summed E-state index contributed by atoms with van der Waals surface area (Å²) in [5, 5.41) is 12.0. The molecule has 0 atom stereocenters. The summed E-state index contributed by atoms with van der Waals surface area (Å²) in [6.45, 7) is 5.07. The zero-order chi connectivity index (χ0) is 11.6. The number of halogens is 2. The molecule has 1 rings (SSSR count). The first kappa shape index (κ1) is 11.9. The van der Waals surface area contributed by atoms with E-state index in [1.54, 1.807) is 6.92 Å². The first-order valence-electron chi connectivity index (χ1n) is 4.06. The molecule has 0 aromatic heterocycles. The molecule has 0 radical (unpaired) electrons. The summed E-state index contributed by atoms with van der Waals surface area (Å²) in [4.78, 5) is 11.3. The van der Waals surface area contributed by atoms with Gasteiger partial charge in [-0.25, -0.2) is 0 Å². The maximum absolute atomic E-state index is 11.3. The van der Waals surface area contributed by atoms with Crippen LogP contribution >= 0.6 is 23.2 Å². The minimum atomic E-state index is -0.326. The number of amides is 1. The van der Waals surface area contributed by atoms with E-state index >= 15 is 0 Å². The van der Waals surface area contributed by atoms with Gasteiger partial charge in [-0.1, -0.05) is 29.8 Å². The molecule has 1 aromatic carbocycles. The van der Waals surface area contributed by atoms with Crippen LogP contribution in [0.2, 0.25) is 10.0 Å². The summed E-state index contributed by atoms with van der Waals surface area (Å²) >= 11 is 11.3. The Morgan fingerprint density at radius 2 is 1.87 bits per heavy atom. The predicted octanol–water partition coefficient (Wildman–Crippen LogP) is 3.21. The van der Waals surface area contributed by atoms with Gasteiger partial charge in [-0.15, -0.1) is 0 Å². The van der Waals surface area contributed by atoms with E-state index < -0.39 is 0 Å². The third-order valence-electron chi connectivity index (χ3n) is 1.66. The number of carbonyl (C=O) groups is 1. The van der Waals surface area contributed by atoms with Crippen molar-refractivity contribution in [3.05, 3.63) is 34.3 Å². The maximum atomic E-state index is 11.3. The second-order valence-electron chi connectivity index (χ2n) is 3.02. The summed E-state index contributed by atoms with van der Waals surface area (Å²) in [6, 6.07) is 2.81. The van der Waals surface area contributed by atoms with Gasteiger partial charge in [0.2, 0.25) is 0 Å². The van der Waals surface area contributed by atoms with Crippen LogP contribution in [-0.2, 0) is 4.79 Å². The standard InChI is InChI=1S/C10H9Cl2NO2/c1-5(2)10(15)13-6-3-7(11)9(14)8(12)4-6/h3-4,14H,1H2,2H3,(H,13,15). The summed E-state index contributed by atoms with van der Waals surface area (Å²) in [7, 11) is 0. The molecular formula is C10H9Cl2NO2. The zero-order valence-electron chi connectivity index (χ0n) is 7.97. The average Bonchev–Trinajstić information content (AvgIpc) is 2.13. The number of benzene rings is 1. The Kier molecular flexibility index (Phi) is 3.61. The number of nitrogens with one attached hydrogen (secondary N) is 1. The monoisotopic (exact) mass is 245 g/mol. The molecule has 2 N–H and O–H groups in total. The molecule has 5 heteroatoms. The minimum Gasteiger partial charge on any atom is -0.505 e. The fourth-order valence-corrected chi connectivity index (χ4v) is 1.36. The average molecular weight is 246 g/mol. The SMILES string of the molecule is C=C(C)C(=O)Nc1cc(Cl)c(O)c(Cl)c1. The Morgan fingerprint density at radius 3 is 2.27 bits per heavy atom. The van der Waals surface area contributed by atoms with Crippen molar-refractivity contribution >= 4 is 34.8 Å². The Morgan fingerprint density at radius 1 is 1.40 bits per heavy atom. The van der Waals surface area contributed by atoms with Crippen LogP contribution in [0.25, 0.3) is 0 Å². The number of carbonyl (C=O) groups excluding carboxylic acids is 1. The molecule has 0 saturated carbocycles. The molecule has 0 spiro atoms. The van der Waals surface area contributed by atoms with Gasteiger partial charge < -0.3 is 10.4 Å². The van der Waals surface area contributed by atoms with E-state index in [-0.39, 0.29) is 21.7 Å². The molecule has 0 saturated heterocycles. The Bertz CT molecular complexity index is 406. The molecule has 80 valence electrons. The number of hydrogen-bond acceptors (Lipinski definition) is 2. The van der Waals surface area contributed by atoms with Crippen molar-refractivity contribution in [2.45, 2.75) is 6.92 Å². The quantitative estimate of drug-likeness (QED) is 0.621. The summed E-state index contributed by atoms with van der Waals surface area (Å²) < 4.78 is 0. The van der Waals surface area contributed by atoms with E-state index in [1.807, 2.05) is 0 Å². The number of hydrogen-bond donors (Lipinski definition) is 2. The van der Waals surface area contributed by atoms with Gasteiger partial charge in [-0.3, -0.25) is 4.79 Å². The van der Waals surface area contributed by atoms with Gasteiger partial charge in [-0.2, -0.15) is 0 Å². The van der Waals surface area contributed by atoms with E-state index in [4.69, 9.17) is 23.2 Å². The van der Waals surface area contributed by atoms with Crippen molar-refractivity contribution in [3.63, 3.8) is 0 Å². The molecule has 0 unspecified atom stereocenters. The molecule has 0 heterocycles. The van der Waals surface area contributed by atoms with Gasteiger partial charge in [0, 0.05) is 11.3 Å². The van der Waals surface area contributed by atoms with Crippen LogP contribution in [0.3, 0.4) is 0 Å². The Hall–Kier alpha value is -1.19. The van der Waals surface area contributed by atoms with Crippen LogP contribution < -0.4 is 5.32 Å². The lowest BCUT2D eigenvalue weighted by molar-refractivity contribution is -0.112. The largest absolute Gasteiger partial charge is 0.505 e. The van der Waals surface area contributed by atoms with Gasteiger partial charge in [0.1, 0.15) is 0 Å². The molecule has 0 aliphatic heterocycles.